The van der Waals surface area contributed by atoms with Crippen molar-refractivity contribution in [2.24, 2.45) is 0 Å². The molecule has 5 nitrogen and oxygen atoms in total. The number of pyridine rings is 1. The number of ether oxygens (including phenoxy) is 1. The molecule has 0 bridgehead atoms. The molecule has 0 aliphatic carbocycles. The Morgan fingerprint density at radius 3 is 2.80 bits per heavy atom. The number of nitrogens with zero attached hydrogens (tertiary/aromatic N) is 1. The van der Waals surface area contributed by atoms with Crippen LogP contribution in [0.15, 0.2) is 35.0 Å². The van der Waals surface area contributed by atoms with E-state index in [9.17, 15) is 4.79 Å². The van der Waals surface area contributed by atoms with Crippen LogP contribution in [0.4, 0.5) is 0 Å². The number of hydrogen-bond acceptors (Lipinski definition) is 4. The maximum Gasteiger partial charge on any atom is 0.371 e. The van der Waals surface area contributed by atoms with Crippen molar-refractivity contribution in [2.75, 3.05) is 6.61 Å². The number of carboxylic acid groups (broad SMARTS) is 1. The van der Waals surface area contributed by atoms with Gasteiger partial charge in [-0.1, -0.05) is 0 Å². The standard InChI is InChI=1S/C15H17NO4/c1-11-13(9-14(20-11)15(17)18)10-19-8-2-3-12-4-6-16-7-5-12/h4-7,9H,2-3,8,10H2,1H3,(H,17,18). The predicted molar refractivity (Wildman–Crippen MR) is 72.6 cm³/mol. The van der Waals surface area contributed by atoms with Crippen molar-refractivity contribution in [3.63, 3.8) is 0 Å². The summed E-state index contributed by atoms with van der Waals surface area (Å²) in [6, 6.07) is 5.49. The van der Waals surface area contributed by atoms with Crippen molar-refractivity contribution in [3.8, 4) is 0 Å². The van der Waals surface area contributed by atoms with Crippen molar-refractivity contribution in [2.45, 2.75) is 26.4 Å². The van der Waals surface area contributed by atoms with Crippen LogP contribution in [0, 0.1) is 6.92 Å². The summed E-state index contributed by atoms with van der Waals surface area (Å²) in [6.07, 6.45) is 5.40. The van der Waals surface area contributed by atoms with Crippen molar-refractivity contribution in [1.29, 1.82) is 0 Å². The van der Waals surface area contributed by atoms with Gasteiger partial charge >= 0.3 is 5.97 Å². The molecule has 0 aromatic carbocycles. The van der Waals surface area contributed by atoms with Gasteiger partial charge in [-0.25, -0.2) is 4.79 Å². The van der Waals surface area contributed by atoms with Gasteiger partial charge in [0.05, 0.1) is 6.61 Å². The summed E-state index contributed by atoms with van der Waals surface area (Å²) >= 11 is 0. The van der Waals surface area contributed by atoms with Crippen molar-refractivity contribution < 1.29 is 19.1 Å². The van der Waals surface area contributed by atoms with E-state index in [1.165, 1.54) is 11.6 Å². The van der Waals surface area contributed by atoms with Crippen molar-refractivity contribution >= 4 is 5.97 Å². The lowest BCUT2D eigenvalue weighted by molar-refractivity contribution is 0.0661. The van der Waals surface area contributed by atoms with E-state index in [0.29, 0.717) is 19.0 Å². The Morgan fingerprint density at radius 2 is 2.15 bits per heavy atom. The number of aryl methyl sites for hydroxylation is 2. The Morgan fingerprint density at radius 1 is 1.40 bits per heavy atom. The van der Waals surface area contributed by atoms with Gasteiger partial charge in [0.15, 0.2) is 0 Å². The van der Waals surface area contributed by atoms with Crippen molar-refractivity contribution in [1.82, 2.24) is 4.98 Å². The number of hydrogen-bond donors (Lipinski definition) is 1. The Kier molecular flexibility index (Phi) is 4.90. The lowest BCUT2D eigenvalue weighted by Gasteiger charge is -2.03. The van der Waals surface area contributed by atoms with Gasteiger partial charge < -0.3 is 14.3 Å². The number of carbonyl (C=O) groups is 1. The van der Waals surface area contributed by atoms with Crippen molar-refractivity contribution in [3.05, 3.63) is 53.2 Å². The normalized spacial score (nSPS) is 10.7. The van der Waals surface area contributed by atoms with E-state index >= 15 is 0 Å². The molecule has 0 aliphatic heterocycles. The maximum absolute atomic E-state index is 10.8. The quantitative estimate of drug-likeness (QED) is 0.787. The third-order valence-corrected chi connectivity index (χ3v) is 2.99. The molecule has 0 aliphatic rings. The van der Waals surface area contributed by atoms with Crippen LogP contribution in [-0.2, 0) is 17.8 Å². The van der Waals surface area contributed by atoms with E-state index in [4.69, 9.17) is 14.3 Å². The third kappa shape index (κ3) is 3.93. The molecule has 0 spiro atoms. The molecule has 0 saturated carbocycles. The summed E-state index contributed by atoms with van der Waals surface area (Å²) in [7, 11) is 0. The minimum absolute atomic E-state index is 0.0436. The molecule has 0 amide bonds. The smallest absolute Gasteiger partial charge is 0.371 e. The summed E-state index contributed by atoms with van der Waals surface area (Å²) in [6.45, 7) is 2.73. The van der Waals surface area contributed by atoms with E-state index in [1.54, 1.807) is 19.3 Å². The number of furan rings is 1. The molecule has 2 rings (SSSR count). The molecule has 1 N–H and O–H groups in total. The van der Waals surface area contributed by atoms with E-state index in [-0.39, 0.29) is 5.76 Å². The molecule has 2 aromatic heterocycles. The fourth-order valence-corrected chi connectivity index (χ4v) is 1.88. The van der Waals surface area contributed by atoms with Crippen LogP contribution in [0.1, 0.15) is 33.9 Å². The number of aromatic nitrogens is 1. The van der Waals surface area contributed by atoms with Crippen LogP contribution < -0.4 is 0 Å². The average molecular weight is 275 g/mol. The molecule has 0 unspecified atom stereocenters. The molecule has 2 heterocycles. The molecular formula is C15H17NO4. The van der Waals surface area contributed by atoms with Gasteiger partial charge in [-0.3, -0.25) is 4.98 Å². The number of aromatic carboxylic acids is 1. The SMILES string of the molecule is Cc1oc(C(=O)O)cc1COCCCc1ccncc1. The van der Waals surface area contributed by atoms with Gasteiger partial charge in [0.2, 0.25) is 5.76 Å². The second-order valence-corrected chi connectivity index (χ2v) is 4.51. The van der Waals surface area contributed by atoms with Gasteiger partial charge in [-0.05, 0) is 43.5 Å². The summed E-state index contributed by atoms with van der Waals surface area (Å²) in [5.41, 5.74) is 2.02. The first-order chi connectivity index (χ1) is 9.66. The lowest BCUT2D eigenvalue weighted by Crippen LogP contribution is -1.98. The first-order valence-electron chi connectivity index (χ1n) is 6.46. The Hall–Kier alpha value is -2.14. The van der Waals surface area contributed by atoms with Gasteiger partial charge in [-0.15, -0.1) is 0 Å². The van der Waals surface area contributed by atoms with Crippen LogP contribution >= 0.6 is 0 Å². The molecule has 20 heavy (non-hydrogen) atoms. The number of carboxylic acids is 1. The first-order valence-corrected chi connectivity index (χ1v) is 6.46. The molecule has 2 aromatic rings. The van der Waals surface area contributed by atoms with Crippen LogP contribution in [0.25, 0.3) is 0 Å². The molecule has 0 fully saturated rings. The highest BCUT2D eigenvalue weighted by molar-refractivity contribution is 5.84. The fraction of sp³-hybridized carbons (Fsp3) is 0.333. The van der Waals surface area contributed by atoms with E-state index in [2.05, 4.69) is 4.98 Å². The molecule has 0 saturated heterocycles. The van der Waals surface area contributed by atoms with Gasteiger partial charge in [0.25, 0.3) is 0 Å². The van der Waals surface area contributed by atoms with E-state index < -0.39 is 5.97 Å². The minimum Gasteiger partial charge on any atom is -0.475 e. The summed E-state index contributed by atoms with van der Waals surface area (Å²) in [5.74, 6) is -0.508. The predicted octanol–water partition coefficient (Wildman–Crippen LogP) is 2.83. The Balaban J connectivity index is 1.72. The van der Waals surface area contributed by atoms with Gasteiger partial charge in [0, 0.05) is 24.6 Å². The van der Waals surface area contributed by atoms with Crippen LogP contribution in [0.3, 0.4) is 0 Å². The summed E-state index contributed by atoms with van der Waals surface area (Å²) in [4.78, 5) is 14.7. The van der Waals surface area contributed by atoms with Crippen LogP contribution in [-0.4, -0.2) is 22.7 Å². The highest BCUT2D eigenvalue weighted by Crippen LogP contribution is 2.15. The molecular weight excluding hydrogens is 258 g/mol. The second-order valence-electron chi connectivity index (χ2n) is 4.51. The third-order valence-electron chi connectivity index (χ3n) is 2.99. The van der Waals surface area contributed by atoms with Crippen LogP contribution in [0.5, 0.6) is 0 Å². The number of rotatable bonds is 7. The highest BCUT2D eigenvalue weighted by atomic mass is 16.5. The molecule has 0 atom stereocenters. The van der Waals surface area contributed by atoms with Crippen LogP contribution in [0.2, 0.25) is 0 Å². The topological polar surface area (TPSA) is 72.6 Å². The van der Waals surface area contributed by atoms with E-state index in [1.807, 2.05) is 12.1 Å². The van der Waals surface area contributed by atoms with Gasteiger partial charge in [0.1, 0.15) is 5.76 Å². The maximum atomic E-state index is 10.8. The fourth-order valence-electron chi connectivity index (χ4n) is 1.88. The monoisotopic (exact) mass is 275 g/mol. The largest absolute Gasteiger partial charge is 0.475 e. The minimum atomic E-state index is -1.06. The first kappa shape index (κ1) is 14.3. The van der Waals surface area contributed by atoms with Gasteiger partial charge in [-0.2, -0.15) is 0 Å². The molecule has 5 heteroatoms. The summed E-state index contributed by atoms with van der Waals surface area (Å²) < 4.78 is 10.7. The zero-order valence-corrected chi connectivity index (χ0v) is 11.3. The summed E-state index contributed by atoms with van der Waals surface area (Å²) in [5, 5.41) is 8.82. The van der Waals surface area contributed by atoms with E-state index in [0.717, 1.165) is 18.4 Å². The zero-order chi connectivity index (χ0) is 14.4. The molecule has 0 radical (unpaired) electrons. The second kappa shape index (κ2) is 6.86. The molecule has 106 valence electrons. The zero-order valence-electron chi connectivity index (χ0n) is 11.3. The highest BCUT2D eigenvalue weighted by Gasteiger charge is 2.12. The lowest BCUT2D eigenvalue weighted by atomic mass is 10.1. The Bertz CT molecular complexity index is 563. The average Bonchev–Trinajstić information content (AvgIpc) is 2.81. The Labute approximate surface area is 117 Å².